The normalized spacial score (nSPS) is 13.2. The van der Waals surface area contributed by atoms with Crippen LogP contribution in [-0.2, 0) is 5.41 Å². The number of para-hydroxylation sites is 3. The minimum absolute atomic E-state index is 0.188. The topological polar surface area (TPSA) is 68.6 Å². The molecule has 8 rings (SSSR count). The van der Waals surface area contributed by atoms with Gasteiger partial charge in [0.15, 0.2) is 0 Å². The van der Waals surface area contributed by atoms with Crippen LogP contribution in [0, 0.1) is 22.7 Å². The number of anilines is 3. The summed E-state index contributed by atoms with van der Waals surface area (Å²) in [5, 5.41) is 21.8. The van der Waals surface area contributed by atoms with E-state index in [2.05, 4.69) is 137 Å². The van der Waals surface area contributed by atoms with Gasteiger partial charge in [-0.05, 0) is 82.9 Å². The highest BCUT2D eigenvalue weighted by Gasteiger charge is 2.36. The van der Waals surface area contributed by atoms with Crippen LogP contribution in [0.15, 0.2) is 128 Å². The van der Waals surface area contributed by atoms with E-state index < -0.39 is 0 Å². The van der Waals surface area contributed by atoms with Crippen LogP contribution in [0.3, 0.4) is 0 Å². The summed E-state index contributed by atoms with van der Waals surface area (Å²) in [5.74, 6) is 0. The van der Waals surface area contributed by atoms with E-state index in [4.69, 9.17) is 0 Å². The quantitative estimate of drug-likeness (QED) is 0.210. The van der Waals surface area contributed by atoms with E-state index in [1.54, 1.807) is 6.07 Å². The summed E-state index contributed by atoms with van der Waals surface area (Å²) < 4.78 is 2.28. The summed E-state index contributed by atoms with van der Waals surface area (Å²) in [5.41, 5.74) is 11.3. The molecule has 0 N–H and O–H groups in total. The highest BCUT2D eigenvalue weighted by molar-refractivity contribution is 6.09. The Hall–Kier alpha value is -6.17. The first-order chi connectivity index (χ1) is 22.0. The first-order valence-corrected chi connectivity index (χ1v) is 14.9. The van der Waals surface area contributed by atoms with Crippen molar-refractivity contribution in [1.29, 1.82) is 10.5 Å². The standard InChI is InChI=1S/C40H27N5/c1-40(2)34-10-4-7-13-38(34)45(39-14-8-5-11-35(39)40)31-21-29(28-18-26(23-41)17-27(19-28)24-42)20-30(22-31)44-36-12-6-3-9-32(36)33-25-43-16-15-37(33)44/h3-22,25H,1-2H3. The molecule has 0 amide bonds. The Morgan fingerprint density at radius 3 is 1.87 bits per heavy atom. The Balaban J connectivity index is 1.48. The predicted octanol–water partition coefficient (Wildman–Crippen LogP) is 9.70. The van der Waals surface area contributed by atoms with Gasteiger partial charge >= 0.3 is 0 Å². The van der Waals surface area contributed by atoms with Gasteiger partial charge in [-0.25, -0.2) is 0 Å². The number of pyridine rings is 1. The van der Waals surface area contributed by atoms with Gasteiger partial charge in [0.05, 0.1) is 45.7 Å². The molecule has 0 spiro atoms. The molecular weight excluding hydrogens is 550 g/mol. The number of nitrogens with zero attached hydrogens (tertiary/aromatic N) is 5. The zero-order valence-electron chi connectivity index (χ0n) is 24.9. The molecule has 0 radical (unpaired) electrons. The third-order valence-electron chi connectivity index (χ3n) is 9.05. The number of aromatic nitrogens is 2. The monoisotopic (exact) mass is 577 g/mol. The maximum atomic E-state index is 9.82. The van der Waals surface area contributed by atoms with Crippen molar-refractivity contribution in [2.45, 2.75) is 19.3 Å². The summed E-state index contributed by atoms with van der Waals surface area (Å²) in [6, 6.07) is 44.1. The fraction of sp³-hybridized carbons (Fsp3) is 0.0750. The molecule has 0 atom stereocenters. The van der Waals surface area contributed by atoms with Crippen molar-refractivity contribution >= 4 is 38.9 Å². The van der Waals surface area contributed by atoms with Crippen molar-refractivity contribution in [1.82, 2.24) is 9.55 Å². The van der Waals surface area contributed by atoms with Crippen LogP contribution < -0.4 is 4.90 Å². The molecule has 212 valence electrons. The number of hydrogen-bond acceptors (Lipinski definition) is 4. The third kappa shape index (κ3) is 4.03. The van der Waals surface area contributed by atoms with Crippen LogP contribution in [0.5, 0.6) is 0 Å². The van der Waals surface area contributed by atoms with Gasteiger partial charge in [-0.15, -0.1) is 0 Å². The zero-order chi connectivity index (χ0) is 30.7. The number of rotatable bonds is 3. The minimum Gasteiger partial charge on any atom is -0.310 e. The first-order valence-electron chi connectivity index (χ1n) is 14.9. The van der Waals surface area contributed by atoms with Crippen molar-refractivity contribution in [3.63, 3.8) is 0 Å². The second kappa shape index (κ2) is 9.95. The van der Waals surface area contributed by atoms with Crippen molar-refractivity contribution in [3.8, 4) is 29.0 Å². The summed E-state index contributed by atoms with van der Waals surface area (Å²) in [4.78, 5) is 6.79. The Bertz CT molecular complexity index is 2260. The molecule has 1 aliphatic rings. The molecule has 0 fully saturated rings. The van der Waals surface area contributed by atoms with Crippen molar-refractivity contribution in [2.75, 3.05) is 4.90 Å². The molecule has 5 nitrogen and oxygen atoms in total. The Morgan fingerprint density at radius 1 is 0.600 bits per heavy atom. The van der Waals surface area contributed by atoms with Crippen LogP contribution >= 0.6 is 0 Å². The molecule has 0 saturated carbocycles. The summed E-state index contributed by atoms with van der Waals surface area (Å²) >= 11 is 0. The fourth-order valence-electron chi connectivity index (χ4n) is 6.98. The Morgan fingerprint density at radius 2 is 1.18 bits per heavy atom. The molecule has 1 aliphatic heterocycles. The molecule has 45 heavy (non-hydrogen) atoms. The highest BCUT2D eigenvalue weighted by atomic mass is 15.2. The van der Waals surface area contributed by atoms with E-state index >= 15 is 0 Å². The molecule has 0 aliphatic carbocycles. The molecule has 3 heterocycles. The molecule has 0 unspecified atom stereocenters. The highest BCUT2D eigenvalue weighted by Crippen LogP contribution is 2.52. The lowest BCUT2D eigenvalue weighted by Gasteiger charge is -2.42. The van der Waals surface area contributed by atoms with Crippen LogP contribution in [0.2, 0.25) is 0 Å². The number of benzene rings is 5. The molecule has 7 aromatic rings. The van der Waals surface area contributed by atoms with Gasteiger partial charge in [0, 0.05) is 40.0 Å². The third-order valence-corrected chi connectivity index (χ3v) is 9.05. The fourth-order valence-corrected chi connectivity index (χ4v) is 6.98. The zero-order valence-corrected chi connectivity index (χ0v) is 24.9. The Kier molecular flexibility index (Phi) is 5.85. The number of hydrogen-bond donors (Lipinski definition) is 0. The average molecular weight is 578 g/mol. The second-order valence-electron chi connectivity index (χ2n) is 12.0. The largest absolute Gasteiger partial charge is 0.310 e. The van der Waals surface area contributed by atoms with Crippen molar-refractivity contribution in [2.24, 2.45) is 0 Å². The maximum Gasteiger partial charge on any atom is 0.0992 e. The molecule has 5 aromatic carbocycles. The summed E-state index contributed by atoms with van der Waals surface area (Å²) in [6.45, 7) is 4.57. The smallest absolute Gasteiger partial charge is 0.0992 e. The maximum absolute atomic E-state index is 9.82. The van der Waals surface area contributed by atoms with E-state index in [1.807, 2.05) is 24.5 Å². The van der Waals surface area contributed by atoms with Gasteiger partial charge in [0.2, 0.25) is 0 Å². The lowest BCUT2D eigenvalue weighted by atomic mass is 9.73. The van der Waals surface area contributed by atoms with Crippen LogP contribution in [-0.4, -0.2) is 9.55 Å². The SMILES string of the molecule is CC1(C)c2ccccc2N(c2cc(-c3cc(C#N)cc(C#N)c3)cc(-n3c4ccccc4c4cnccc43)c2)c2ccccc21. The van der Waals surface area contributed by atoms with Crippen LogP contribution in [0.4, 0.5) is 17.1 Å². The molecule has 0 bridgehead atoms. The second-order valence-corrected chi connectivity index (χ2v) is 12.0. The van der Waals surface area contributed by atoms with E-state index in [9.17, 15) is 10.5 Å². The van der Waals surface area contributed by atoms with Crippen molar-refractivity contribution in [3.05, 3.63) is 150 Å². The predicted molar refractivity (Wildman–Crippen MR) is 180 cm³/mol. The first kappa shape index (κ1) is 26.5. The molecule has 5 heteroatoms. The van der Waals surface area contributed by atoms with E-state index in [0.717, 1.165) is 55.7 Å². The lowest BCUT2D eigenvalue weighted by Crippen LogP contribution is -2.30. The number of nitriles is 2. The Labute approximate surface area is 261 Å². The van der Waals surface area contributed by atoms with Gasteiger partial charge in [0.1, 0.15) is 0 Å². The van der Waals surface area contributed by atoms with Gasteiger partial charge < -0.3 is 9.47 Å². The summed E-state index contributed by atoms with van der Waals surface area (Å²) in [6.07, 6.45) is 3.75. The van der Waals surface area contributed by atoms with Crippen LogP contribution in [0.1, 0.15) is 36.1 Å². The lowest BCUT2D eigenvalue weighted by molar-refractivity contribution is 0.632. The molecule has 0 saturated heterocycles. The van der Waals surface area contributed by atoms with E-state index in [-0.39, 0.29) is 5.41 Å². The van der Waals surface area contributed by atoms with Gasteiger partial charge in [-0.3, -0.25) is 4.98 Å². The van der Waals surface area contributed by atoms with Crippen molar-refractivity contribution < 1.29 is 0 Å². The van der Waals surface area contributed by atoms with E-state index in [0.29, 0.717) is 11.1 Å². The average Bonchev–Trinajstić information content (AvgIpc) is 3.42. The summed E-state index contributed by atoms with van der Waals surface area (Å²) in [7, 11) is 0. The van der Waals surface area contributed by atoms with E-state index in [1.165, 1.54) is 11.1 Å². The minimum atomic E-state index is -0.188. The van der Waals surface area contributed by atoms with Gasteiger partial charge in [-0.1, -0.05) is 68.4 Å². The molecular formula is C40H27N5. The van der Waals surface area contributed by atoms with Crippen LogP contribution in [0.25, 0.3) is 38.6 Å². The van der Waals surface area contributed by atoms with Gasteiger partial charge in [-0.2, -0.15) is 10.5 Å². The molecule has 2 aromatic heterocycles. The number of fused-ring (bicyclic) bond motifs is 5. The van der Waals surface area contributed by atoms with Gasteiger partial charge in [0.25, 0.3) is 0 Å².